The molecule has 0 aliphatic rings. The van der Waals surface area contributed by atoms with Gasteiger partial charge in [-0.15, -0.1) is 0 Å². The summed E-state index contributed by atoms with van der Waals surface area (Å²) in [5.41, 5.74) is 0. The van der Waals surface area contributed by atoms with Crippen LogP contribution < -0.4 is 4.84 Å². The van der Waals surface area contributed by atoms with Gasteiger partial charge < -0.3 is 9.47 Å². The highest BCUT2D eigenvalue weighted by atomic mass is 35.5. The third-order valence-electron chi connectivity index (χ3n) is 1.48. The minimum atomic E-state index is -0.675. The lowest BCUT2D eigenvalue weighted by atomic mass is 10.2. The number of nitrogens with one attached hydrogen (secondary N) is 1. The van der Waals surface area contributed by atoms with Crippen LogP contribution in [0.5, 0.6) is 0 Å². The third-order valence-corrected chi connectivity index (χ3v) is 1.75. The van der Waals surface area contributed by atoms with Crippen LogP contribution in [-0.4, -0.2) is 32.2 Å². The average molecular weight is 210 g/mol. The Morgan fingerprint density at radius 1 is 1.38 bits per heavy atom. The monoisotopic (exact) mass is 209 g/mol. The van der Waals surface area contributed by atoms with Crippen LogP contribution in [0.2, 0.25) is 0 Å². The van der Waals surface area contributed by atoms with Gasteiger partial charge in [0.25, 0.3) is 0 Å². The molecular formula is C7H12ClNO4. The van der Waals surface area contributed by atoms with E-state index in [2.05, 4.69) is 14.3 Å². The van der Waals surface area contributed by atoms with Crippen molar-refractivity contribution in [3.8, 4) is 0 Å². The Kier molecular flexibility index (Phi) is 6.26. The molecular weight excluding hydrogens is 198 g/mol. The van der Waals surface area contributed by atoms with Crippen molar-refractivity contribution in [3.05, 3.63) is 0 Å². The number of hydrogen-bond acceptors (Lipinski definition) is 5. The standard InChI is InChI=1S/C7H12ClNO4/c1-12-6(10)4-3-5(9-8)7(11)13-2/h5,9H,3-4H2,1-2H3/t5-/m0/s1. The maximum Gasteiger partial charge on any atom is 0.324 e. The highest BCUT2D eigenvalue weighted by Crippen LogP contribution is 2.01. The second-order valence-corrected chi connectivity index (χ2v) is 2.52. The fourth-order valence-electron chi connectivity index (χ4n) is 0.723. The Balaban J connectivity index is 3.85. The molecule has 0 aromatic heterocycles. The number of halogens is 1. The predicted octanol–water partition coefficient (Wildman–Crippen LogP) is 0.225. The van der Waals surface area contributed by atoms with Crippen molar-refractivity contribution in [1.29, 1.82) is 0 Å². The fraction of sp³-hybridized carbons (Fsp3) is 0.714. The number of carbonyl (C=O) groups excluding carboxylic acids is 2. The quantitative estimate of drug-likeness (QED) is 0.519. The number of carbonyl (C=O) groups is 2. The molecule has 1 N–H and O–H groups in total. The van der Waals surface area contributed by atoms with E-state index < -0.39 is 12.0 Å². The van der Waals surface area contributed by atoms with Crippen molar-refractivity contribution in [3.63, 3.8) is 0 Å². The summed E-state index contributed by atoms with van der Waals surface area (Å²) in [5.74, 6) is -0.889. The summed E-state index contributed by atoms with van der Waals surface area (Å²) in [4.78, 5) is 23.8. The van der Waals surface area contributed by atoms with Gasteiger partial charge >= 0.3 is 11.9 Å². The van der Waals surface area contributed by atoms with Crippen LogP contribution >= 0.6 is 11.8 Å². The van der Waals surface area contributed by atoms with E-state index in [1.54, 1.807) is 0 Å². The summed E-state index contributed by atoms with van der Waals surface area (Å²) in [6.07, 6.45) is 0.374. The van der Waals surface area contributed by atoms with Crippen molar-refractivity contribution in [2.45, 2.75) is 18.9 Å². The molecule has 1 atom stereocenters. The van der Waals surface area contributed by atoms with Gasteiger partial charge in [0.15, 0.2) is 0 Å². The Bertz CT molecular complexity index is 185. The van der Waals surface area contributed by atoms with Crippen LogP contribution in [0.1, 0.15) is 12.8 Å². The first-order valence-electron chi connectivity index (χ1n) is 3.66. The molecule has 0 heterocycles. The Morgan fingerprint density at radius 2 is 2.00 bits per heavy atom. The van der Waals surface area contributed by atoms with E-state index in [0.717, 1.165) is 0 Å². The SMILES string of the molecule is COC(=O)CC[C@H](NCl)C(=O)OC. The molecule has 0 bridgehead atoms. The van der Waals surface area contributed by atoms with E-state index in [9.17, 15) is 9.59 Å². The largest absolute Gasteiger partial charge is 0.469 e. The molecule has 0 saturated heterocycles. The van der Waals surface area contributed by atoms with Crippen molar-refractivity contribution in [1.82, 2.24) is 4.84 Å². The molecule has 6 heteroatoms. The molecule has 0 amide bonds. The summed E-state index contributed by atoms with van der Waals surface area (Å²) in [6.45, 7) is 0. The highest BCUT2D eigenvalue weighted by molar-refractivity contribution is 6.14. The van der Waals surface area contributed by atoms with Gasteiger partial charge in [-0.3, -0.25) is 9.59 Å². The molecule has 0 unspecified atom stereocenters. The van der Waals surface area contributed by atoms with Gasteiger partial charge in [0.1, 0.15) is 6.04 Å². The molecule has 0 aromatic rings. The van der Waals surface area contributed by atoms with E-state index >= 15 is 0 Å². The highest BCUT2D eigenvalue weighted by Gasteiger charge is 2.18. The predicted molar refractivity (Wildman–Crippen MR) is 46.0 cm³/mol. The normalized spacial score (nSPS) is 11.9. The average Bonchev–Trinajstić information content (AvgIpc) is 2.17. The zero-order valence-corrected chi connectivity index (χ0v) is 8.26. The lowest BCUT2D eigenvalue weighted by Crippen LogP contribution is -2.32. The number of methoxy groups -OCH3 is 2. The Morgan fingerprint density at radius 3 is 2.38 bits per heavy atom. The molecule has 0 rings (SSSR count). The second kappa shape index (κ2) is 6.68. The first-order chi connectivity index (χ1) is 6.15. The molecule has 0 spiro atoms. The second-order valence-electron chi connectivity index (χ2n) is 2.30. The maximum absolute atomic E-state index is 10.9. The van der Waals surface area contributed by atoms with Crippen molar-refractivity contribution in [2.75, 3.05) is 14.2 Å². The molecule has 0 saturated carbocycles. The summed E-state index contributed by atoms with van der Waals surface area (Å²) in [7, 11) is 2.53. The van der Waals surface area contributed by atoms with E-state index in [0.29, 0.717) is 0 Å². The molecule has 0 aliphatic heterocycles. The number of esters is 2. The fourth-order valence-corrected chi connectivity index (χ4v) is 0.922. The maximum atomic E-state index is 10.9. The summed E-state index contributed by atoms with van der Waals surface area (Å²) in [6, 6.07) is -0.675. The topological polar surface area (TPSA) is 64.6 Å². The summed E-state index contributed by atoms with van der Waals surface area (Å²) in [5, 5.41) is 0. The van der Waals surface area contributed by atoms with Gasteiger partial charge in [0.05, 0.1) is 14.2 Å². The molecule has 0 aliphatic carbocycles. The first kappa shape index (κ1) is 12.2. The van der Waals surface area contributed by atoms with E-state index in [1.165, 1.54) is 14.2 Å². The van der Waals surface area contributed by atoms with Crippen LogP contribution in [0.4, 0.5) is 0 Å². The van der Waals surface area contributed by atoms with Crippen LogP contribution in [-0.2, 0) is 19.1 Å². The van der Waals surface area contributed by atoms with E-state index in [-0.39, 0.29) is 18.8 Å². The van der Waals surface area contributed by atoms with E-state index in [4.69, 9.17) is 11.8 Å². The summed E-state index contributed by atoms with van der Waals surface area (Å²) < 4.78 is 8.83. The molecule has 0 fully saturated rings. The lowest BCUT2D eigenvalue weighted by molar-refractivity contribution is -0.144. The van der Waals surface area contributed by atoms with Crippen molar-refractivity contribution < 1.29 is 19.1 Å². The van der Waals surface area contributed by atoms with Gasteiger partial charge in [-0.25, -0.2) is 4.84 Å². The van der Waals surface area contributed by atoms with Crippen molar-refractivity contribution in [2.24, 2.45) is 0 Å². The number of hydrogen-bond donors (Lipinski definition) is 1. The van der Waals surface area contributed by atoms with Crippen LogP contribution in [0.15, 0.2) is 0 Å². The van der Waals surface area contributed by atoms with Crippen molar-refractivity contribution >= 4 is 23.7 Å². The van der Waals surface area contributed by atoms with Crippen LogP contribution in [0, 0.1) is 0 Å². The molecule has 76 valence electrons. The van der Waals surface area contributed by atoms with Gasteiger partial charge in [-0.1, -0.05) is 0 Å². The zero-order valence-electron chi connectivity index (χ0n) is 7.50. The molecule has 0 aromatic carbocycles. The first-order valence-corrected chi connectivity index (χ1v) is 4.04. The Hall–Kier alpha value is -0.810. The zero-order chi connectivity index (χ0) is 10.3. The molecule has 13 heavy (non-hydrogen) atoms. The molecule has 5 nitrogen and oxygen atoms in total. The number of rotatable bonds is 5. The Labute approximate surface area is 81.4 Å². The minimum absolute atomic E-state index is 0.121. The van der Waals surface area contributed by atoms with Gasteiger partial charge in [0, 0.05) is 6.42 Å². The van der Waals surface area contributed by atoms with Crippen LogP contribution in [0.3, 0.4) is 0 Å². The third kappa shape index (κ3) is 4.69. The van der Waals surface area contributed by atoms with Gasteiger partial charge in [-0.2, -0.15) is 0 Å². The number of ether oxygens (including phenoxy) is 2. The van der Waals surface area contributed by atoms with Gasteiger partial charge in [-0.05, 0) is 18.2 Å². The van der Waals surface area contributed by atoms with E-state index in [1.807, 2.05) is 0 Å². The van der Waals surface area contributed by atoms with Crippen LogP contribution in [0.25, 0.3) is 0 Å². The summed E-state index contributed by atoms with van der Waals surface area (Å²) >= 11 is 5.26. The molecule has 0 radical (unpaired) electrons. The lowest BCUT2D eigenvalue weighted by Gasteiger charge is -2.10. The van der Waals surface area contributed by atoms with Gasteiger partial charge in [0.2, 0.25) is 0 Å². The minimum Gasteiger partial charge on any atom is -0.469 e. The smallest absolute Gasteiger partial charge is 0.324 e.